The number of fused-ring (bicyclic) bond motifs is 1. The van der Waals surface area contributed by atoms with E-state index in [0.29, 0.717) is 5.92 Å². The Bertz CT molecular complexity index is 514. The van der Waals surface area contributed by atoms with Crippen molar-refractivity contribution in [3.8, 4) is 0 Å². The SMILES string of the molecule is CC1CCC(OC(=O)C2Cc3ccccc3CN2)CC1C. The maximum absolute atomic E-state index is 12.4. The second kappa shape index (κ2) is 6.18. The minimum absolute atomic E-state index is 0.0729. The zero-order valence-electron chi connectivity index (χ0n) is 13.0. The Labute approximate surface area is 127 Å². The smallest absolute Gasteiger partial charge is 0.323 e. The first kappa shape index (κ1) is 14.6. The Balaban J connectivity index is 1.57. The van der Waals surface area contributed by atoms with Crippen molar-refractivity contribution in [1.29, 1.82) is 0 Å². The summed E-state index contributed by atoms with van der Waals surface area (Å²) in [5, 5.41) is 3.31. The molecule has 0 spiro atoms. The lowest BCUT2D eigenvalue weighted by Gasteiger charge is -2.33. The average molecular weight is 287 g/mol. The van der Waals surface area contributed by atoms with E-state index in [1.807, 2.05) is 12.1 Å². The van der Waals surface area contributed by atoms with Crippen LogP contribution in [0.3, 0.4) is 0 Å². The van der Waals surface area contributed by atoms with Crippen molar-refractivity contribution in [2.24, 2.45) is 11.8 Å². The summed E-state index contributed by atoms with van der Waals surface area (Å²) in [5.74, 6) is 1.33. The van der Waals surface area contributed by atoms with Crippen LogP contribution in [0.5, 0.6) is 0 Å². The molecule has 0 bridgehead atoms. The van der Waals surface area contributed by atoms with Crippen LogP contribution < -0.4 is 5.32 Å². The number of nitrogens with one attached hydrogen (secondary N) is 1. The first-order valence-electron chi connectivity index (χ1n) is 8.14. The van der Waals surface area contributed by atoms with Crippen LogP contribution in [0.4, 0.5) is 0 Å². The highest BCUT2D eigenvalue weighted by molar-refractivity contribution is 5.77. The molecule has 3 heteroatoms. The number of rotatable bonds is 2. The molecule has 1 aromatic rings. The summed E-state index contributed by atoms with van der Waals surface area (Å²) in [7, 11) is 0. The molecule has 3 nitrogen and oxygen atoms in total. The standard InChI is InChI=1S/C18H25NO2/c1-12-7-8-16(9-13(12)2)21-18(20)17-10-14-5-3-4-6-15(14)11-19-17/h3-6,12-13,16-17,19H,7-11H2,1-2H3. The van der Waals surface area contributed by atoms with Crippen LogP contribution in [-0.4, -0.2) is 18.1 Å². The molecule has 0 radical (unpaired) electrons. The summed E-state index contributed by atoms with van der Waals surface area (Å²) < 4.78 is 5.76. The van der Waals surface area contributed by atoms with Gasteiger partial charge < -0.3 is 10.1 Å². The Kier molecular flexibility index (Phi) is 4.29. The molecule has 0 aromatic heterocycles. The third kappa shape index (κ3) is 3.29. The highest BCUT2D eigenvalue weighted by atomic mass is 16.5. The monoisotopic (exact) mass is 287 g/mol. The zero-order valence-corrected chi connectivity index (χ0v) is 13.0. The Morgan fingerprint density at radius 3 is 2.67 bits per heavy atom. The summed E-state index contributed by atoms with van der Waals surface area (Å²) in [6, 6.07) is 8.13. The maximum Gasteiger partial charge on any atom is 0.323 e. The van der Waals surface area contributed by atoms with E-state index in [9.17, 15) is 4.79 Å². The number of benzene rings is 1. The molecule has 1 aliphatic carbocycles. The summed E-state index contributed by atoms with van der Waals surface area (Å²) in [4.78, 5) is 12.4. The molecule has 0 amide bonds. The number of hydrogen-bond acceptors (Lipinski definition) is 3. The molecule has 1 aromatic carbocycles. The van der Waals surface area contributed by atoms with E-state index in [4.69, 9.17) is 4.74 Å². The van der Waals surface area contributed by atoms with Gasteiger partial charge in [0.25, 0.3) is 0 Å². The van der Waals surface area contributed by atoms with E-state index in [0.717, 1.165) is 31.7 Å². The number of ether oxygens (including phenoxy) is 1. The third-order valence-corrected chi connectivity index (χ3v) is 5.20. The van der Waals surface area contributed by atoms with Gasteiger partial charge >= 0.3 is 5.97 Å². The molecule has 1 saturated carbocycles. The largest absolute Gasteiger partial charge is 0.461 e. The van der Waals surface area contributed by atoms with Crippen molar-refractivity contribution in [2.75, 3.05) is 0 Å². The van der Waals surface area contributed by atoms with Crippen molar-refractivity contribution in [2.45, 2.75) is 58.2 Å². The minimum Gasteiger partial charge on any atom is -0.461 e. The lowest BCUT2D eigenvalue weighted by Crippen LogP contribution is -2.44. The molecule has 2 aliphatic rings. The molecule has 1 N–H and O–H groups in total. The highest BCUT2D eigenvalue weighted by Crippen LogP contribution is 2.31. The second-order valence-electron chi connectivity index (χ2n) is 6.73. The van der Waals surface area contributed by atoms with Crippen molar-refractivity contribution >= 4 is 5.97 Å². The van der Waals surface area contributed by atoms with Gasteiger partial charge in [-0.2, -0.15) is 0 Å². The average Bonchev–Trinajstić information content (AvgIpc) is 2.50. The van der Waals surface area contributed by atoms with Crippen molar-refractivity contribution < 1.29 is 9.53 Å². The van der Waals surface area contributed by atoms with Gasteiger partial charge in [0.1, 0.15) is 12.1 Å². The lowest BCUT2D eigenvalue weighted by atomic mass is 9.80. The third-order valence-electron chi connectivity index (χ3n) is 5.20. The topological polar surface area (TPSA) is 38.3 Å². The molecular formula is C18H25NO2. The van der Waals surface area contributed by atoms with Crippen LogP contribution in [0.15, 0.2) is 24.3 Å². The van der Waals surface area contributed by atoms with Crippen molar-refractivity contribution in [3.05, 3.63) is 35.4 Å². The molecule has 4 atom stereocenters. The zero-order chi connectivity index (χ0) is 14.8. The van der Waals surface area contributed by atoms with Crippen molar-refractivity contribution in [3.63, 3.8) is 0 Å². The van der Waals surface area contributed by atoms with Crippen LogP contribution in [0.2, 0.25) is 0 Å². The molecule has 114 valence electrons. The second-order valence-corrected chi connectivity index (χ2v) is 6.73. The normalized spacial score (nSPS) is 32.3. The first-order chi connectivity index (χ1) is 10.1. The molecule has 1 fully saturated rings. The van der Waals surface area contributed by atoms with Gasteiger partial charge in [-0.15, -0.1) is 0 Å². The quantitative estimate of drug-likeness (QED) is 0.850. The van der Waals surface area contributed by atoms with Crippen molar-refractivity contribution in [1.82, 2.24) is 5.32 Å². The Hall–Kier alpha value is -1.35. The predicted octanol–water partition coefficient (Wildman–Crippen LogP) is 3.07. The van der Waals surface area contributed by atoms with E-state index >= 15 is 0 Å². The van der Waals surface area contributed by atoms with Gasteiger partial charge in [-0.3, -0.25) is 4.79 Å². The van der Waals surface area contributed by atoms with Gasteiger partial charge in [0, 0.05) is 6.54 Å². The lowest BCUT2D eigenvalue weighted by molar-refractivity contribution is -0.154. The maximum atomic E-state index is 12.4. The van der Waals surface area contributed by atoms with Gasteiger partial charge in [-0.1, -0.05) is 38.1 Å². The van der Waals surface area contributed by atoms with Crippen LogP contribution in [0, 0.1) is 11.8 Å². The fourth-order valence-electron chi connectivity index (χ4n) is 3.47. The Morgan fingerprint density at radius 2 is 1.90 bits per heavy atom. The summed E-state index contributed by atoms with van der Waals surface area (Å²) in [6.45, 7) is 5.32. The number of carbonyl (C=O) groups is 1. The molecule has 3 rings (SSSR count). The molecule has 21 heavy (non-hydrogen) atoms. The van der Waals surface area contributed by atoms with Crippen LogP contribution in [-0.2, 0) is 22.5 Å². The summed E-state index contributed by atoms with van der Waals surface area (Å²) in [6.07, 6.45) is 4.05. The summed E-state index contributed by atoms with van der Waals surface area (Å²) in [5.41, 5.74) is 2.56. The fraction of sp³-hybridized carbons (Fsp3) is 0.611. The molecule has 1 aliphatic heterocycles. The van der Waals surface area contributed by atoms with Crippen LogP contribution >= 0.6 is 0 Å². The molecule has 0 saturated heterocycles. The van der Waals surface area contributed by atoms with E-state index in [1.54, 1.807) is 0 Å². The van der Waals surface area contributed by atoms with Gasteiger partial charge in [0.15, 0.2) is 0 Å². The van der Waals surface area contributed by atoms with Gasteiger partial charge in [0.05, 0.1) is 0 Å². The minimum atomic E-state index is -0.186. The Morgan fingerprint density at radius 1 is 1.14 bits per heavy atom. The first-order valence-corrected chi connectivity index (χ1v) is 8.14. The number of hydrogen-bond donors (Lipinski definition) is 1. The van der Waals surface area contributed by atoms with E-state index < -0.39 is 0 Å². The van der Waals surface area contributed by atoms with Gasteiger partial charge in [-0.05, 0) is 48.6 Å². The molecule has 1 heterocycles. The van der Waals surface area contributed by atoms with Crippen LogP contribution in [0.25, 0.3) is 0 Å². The van der Waals surface area contributed by atoms with Gasteiger partial charge in [0.2, 0.25) is 0 Å². The van der Waals surface area contributed by atoms with Crippen LogP contribution in [0.1, 0.15) is 44.2 Å². The van der Waals surface area contributed by atoms with E-state index in [-0.39, 0.29) is 18.1 Å². The summed E-state index contributed by atoms with van der Waals surface area (Å²) >= 11 is 0. The highest BCUT2D eigenvalue weighted by Gasteiger charge is 2.31. The van der Waals surface area contributed by atoms with Gasteiger partial charge in [-0.25, -0.2) is 0 Å². The predicted molar refractivity (Wildman–Crippen MR) is 82.8 cm³/mol. The number of carbonyl (C=O) groups excluding carboxylic acids is 1. The number of esters is 1. The molecular weight excluding hydrogens is 262 g/mol. The van der Waals surface area contributed by atoms with E-state index in [2.05, 4.69) is 31.3 Å². The molecule has 4 unspecified atom stereocenters. The van der Waals surface area contributed by atoms with E-state index in [1.165, 1.54) is 17.5 Å². The fourth-order valence-corrected chi connectivity index (χ4v) is 3.47.